The van der Waals surface area contributed by atoms with E-state index in [2.05, 4.69) is 10.3 Å². The van der Waals surface area contributed by atoms with Crippen LogP contribution >= 0.6 is 22.7 Å². The molecule has 0 aliphatic rings. The Bertz CT molecular complexity index is 676. The predicted octanol–water partition coefficient (Wildman–Crippen LogP) is 2.48. The lowest BCUT2D eigenvalue weighted by Crippen LogP contribution is -2.21. The molecule has 0 saturated heterocycles. The topological polar surface area (TPSA) is 71.5 Å². The van der Waals surface area contributed by atoms with Gasteiger partial charge in [-0.15, -0.1) is 11.3 Å². The summed E-state index contributed by atoms with van der Waals surface area (Å²) in [6.07, 6.45) is 0. The van der Waals surface area contributed by atoms with E-state index in [4.69, 9.17) is 4.74 Å². The zero-order valence-electron chi connectivity index (χ0n) is 12.1. The van der Waals surface area contributed by atoms with Crippen molar-refractivity contribution in [2.75, 3.05) is 26.5 Å². The Morgan fingerprint density at radius 2 is 2.05 bits per heavy atom. The molecule has 0 saturated carbocycles. The average molecular weight is 325 g/mol. The summed E-state index contributed by atoms with van der Waals surface area (Å²) < 4.78 is 5.11. The zero-order valence-corrected chi connectivity index (χ0v) is 13.7. The van der Waals surface area contributed by atoms with Crippen LogP contribution in [0, 0.1) is 6.92 Å². The molecule has 0 fully saturated rings. The van der Waals surface area contributed by atoms with Crippen molar-refractivity contribution in [1.29, 1.82) is 0 Å². The Morgan fingerprint density at radius 3 is 2.67 bits per heavy atom. The molecule has 112 valence electrons. The van der Waals surface area contributed by atoms with Gasteiger partial charge in [0.05, 0.1) is 12.8 Å². The van der Waals surface area contributed by atoms with Crippen LogP contribution in [0.2, 0.25) is 0 Å². The number of nitrogens with one attached hydrogen (secondary N) is 1. The number of carbonyl (C=O) groups excluding carboxylic acids is 2. The number of hydrogen-bond donors (Lipinski definition) is 1. The third kappa shape index (κ3) is 3.22. The molecule has 0 aliphatic carbocycles. The maximum atomic E-state index is 12.2. The molecule has 8 heteroatoms. The van der Waals surface area contributed by atoms with Gasteiger partial charge in [-0.1, -0.05) is 11.3 Å². The van der Waals surface area contributed by atoms with Crippen LogP contribution in [-0.4, -0.2) is 42.9 Å². The molecule has 0 radical (unpaired) electrons. The first-order valence-corrected chi connectivity index (χ1v) is 7.75. The molecular formula is C13H15N3O3S2. The van der Waals surface area contributed by atoms with E-state index in [0.717, 1.165) is 11.3 Å². The zero-order chi connectivity index (χ0) is 15.6. The van der Waals surface area contributed by atoms with Crippen LogP contribution < -0.4 is 10.1 Å². The summed E-state index contributed by atoms with van der Waals surface area (Å²) in [5.41, 5.74) is 0.604. The molecule has 2 rings (SSSR count). The van der Waals surface area contributed by atoms with E-state index in [9.17, 15) is 9.59 Å². The minimum absolute atomic E-state index is 0.126. The number of thiazole rings is 1. The predicted molar refractivity (Wildman–Crippen MR) is 83.7 cm³/mol. The van der Waals surface area contributed by atoms with Crippen molar-refractivity contribution in [3.05, 3.63) is 26.9 Å². The first-order chi connectivity index (χ1) is 9.93. The number of carbonyl (C=O) groups is 2. The maximum Gasteiger partial charge on any atom is 0.271 e. The number of rotatable bonds is 4. The highest BCUT2D eigenvalue weighted by molar-refractivity contribution is 7.18. The summed E-state index contributed by atoms with van der Waals surface area (Å²) in [7, 11) is 4.87. The van der Waals surface area contributed by atoms with Crippen molar-refractivity contribution in [1.82, 2.24) is 9.88 Å². The van der Waals surface area contributed by atoms with E-state index in [1.54, 1.807) is 32.5 Å². The number of amides is 2. The Hall–Kier alpha value is -1.93. The van der Waals surface area contributed by atoms with Gasteiger partial charge in [0.2, 0.25) is 0 Å². The van der Waals surface area contributed by atoms with Gasteiger partial charge in [-0.2, -0.15) is 0 Å². The Morgan fingerprint density at radius 1 is 1.33 bits per heavy atom. The van der Waals surface area contributed by atoms with Gasteiger partial charge in [-0.25, -0.2) is 4.98 Å². The van der Waals surface area contributed by atoms with Gasteiger partial charge in [-0.3, -0.25) is 14.9 Å². The summed E-state index contributed by atoms with van der Waals surface area (Å²) in [6, 6.07) is 1.73. The first kappa shape index (κ1) is 15.5. The molecule has 2 aromatic heterocycles. The quantitative estimate of drug-likeness (QED) is 0.937. The Balaban J connectivity index is 2.19. The van der Waals surface area contributed by atoms with Crippen molar-refractivity contribution in [2.24, 2.45) is 0 Å². The minimum Gasteiger partial charge on any atom is -0.495 e. The second kappa shape index (κ2) is 6.23. The highest BCUT2D eigenvalue weighted by atomic mass is 32.1. The summed E-state index contributed by atoms with van der Waals surface area (Å²) in [6.45, 7) is 1.74. The molecule has 0 spiro atoms. The molecule has 0 bridgehead atoms. The highest BCUT2D eigenvalue weighted by Gasteiger charge is 2.20. The molecule has 0 atom stereocenters. The van der Waals surface area contributed by atoms with Crippen molar-refractivity contribution in [3.63, 3.8) is 0 Å². The van der Waals surface area contributed by atoms with E-state index < -0.39 is 0 Å². The first-order valence-electron chi connectivity index (χ1n) is 6.06. The average Bonchev–Trinajstić information content (AvgIpc) is 3.04. The van der Waals surface area contributed by atoms with Crippen molar-refractivity contribution in [2.45, 2.75) is 6.92 Å². The van der Waals surface area contributed by atoms with Crippen LogP contribution in [-0.2, 0) is 0 Å². The molecule has 6 nitrogen and oxygen atoms in total. The monoisotopic (exact) mass is 325 g/mol. The number of anilines is 1. The van der Waals surface area contributed by atoms with Gasteiger partial charge in [0.25, 0.3) is 11.8 Å². The van der Waals surface area contributed by atoms with Crippen LogP contribution in [0.1, 0.15) is 25.0 Å². The normalized spacial score (nSPS) is 10.3. The number of nitrogens with zero attached hydrogens (tertiary/aromatic N) is 2. The van der Waals surface area contributed by atoms with E-state index >= 15 is 0 Å². The second-order valence-corrected chi connectivity index (χ2v) is 6.32. The van der Waals surface area contributed by atoms with E-state index in [0.29, 0.717) is 26.3 Å². The Kier molecular flexibility index (Phi) is 4.59. The molecule has 0 unspecified atom stereocenters. The van der Waals surface area contributed by atoms with Crippen molar-refractivity contribution < 1.29 is 14.3 Å². The van der Waals surface area contributed by atoms with Crippen LogP contribution in [0.25, 0.3) is 0 Å². The van der Waals surface area contributed by atoms with Crippen LogP contribution in [0.15, 0.2) is 11.4 Å². The van der Waals surface area contributed by atoms with Gasteiger partial charge in [0, 0.05) is 14.1 Å². The van der Waals surface area contributed by atoms with E-state index in [-0.39, 0.29) is 11.8 Å². The van der Waals surface area contributed by atoms with Gasteiger partial charge in [-0.05, 0) is 18.4 Å². The largest absolute Gasteiger partial charge is 0.495 e. The van der Waals surface area contributed by atoms with Crippen LogP contribution in [0.5, 0.6) is 5.75 Å². The molecule has 0 aliphatic heterocycles. The SMILES string of the molecule is COc1ccsc1C(=O)Nc1nc(C)c(C(=O)N(C)C)s1. The third-order valence-electron chi connectivity index (χ3n) is 2.67. The van der Waals surface area contributed by atoms with E-state index in [1.807, 2.05) is 0 Å². The van der Waals surface area contributed by atoms with Gasteiger partial charge < -0.3 is 9.64 Å². The van der Waals surface area contributed by atoms with E-state index in [1.165, 1.54) is 23.3 Å². The molecule has 2 aromatic rings. The van der Waals surface area contributed by atoms with Gasteiger partial charge >= 0.3 is 0 Å². The minimum atomic E-state index is -0.292. The number of aromatic nitrogens is 1. The highest BCUT2D eigenvalue weighted by Crippen LogP contribution is 2.28. The fourth-order valence-electron chi connectivity index (χ4n) is 1.63. The van der Waals surface area contributed by atoms with Gasteiger partial charge in [0.15, 0.2) is 5.13 Å². The number of thiophene rings is 1. The molecule has 2 amide bonds. The lowest BCUT2D eigenvalue weighted by Gasteiger charge is -2.07. The molecule has 0 aromatic carbocycles. The summed E-state index contributed by atoms with van der Waals surface area (Å²) in [4.78, 5) is 30.8. The lowest BCUT2D eigenvalue weighted by atomic mass is 10.3. The van der Waals surface area contributed by atoms with Crippen molar-refractivity contribution >= 4 is 39.6 Å². The number of hydrogen-bond acceptors (Lipinski definition) is 6. The summed E-state index contributed by atoms with van der Waals surface area (Å²) in [5, 5.41) is 4.88. The third-order valence-corrected chi connectivity index (χ3v) is 4.63. The molecule has 1 N–H and O–H groups in total. The fourth-order valence-corrected chi connectivity index (χ4v) is 3.37. The van der Waals surface area contributed by atoms with Crippen molar-refractivity contribution in [3.8, 4) is 5.75 Å². The molecule has 2 heterocycles. The summed E-state index contributed by atoms with van der Waals surface area (Å²) in [5.74, 6) is 0.106. The second-order valence-electron chi connectivity index (χ2n) is 4.41. The molecule has 21 heavy (non-hydrogen) atoms. The number of aryl methyl sites for hydroxylation is 1. The smallest absolute Gasteiger partial charge is 0.271 e. The Labute approximate surface area is 130 Å². The summed E-state index contributed by atoms with van der Waals surface area (Å²) >= 11 is 2.45. The number of methoxy groups -OCH3 is 1. The fraction of sp³-hybridized carbons (Fsp3) is 0.308. The lowest BCUT2D eigenvalue weighted by molar-refractivity contribution is 0.0831. The maximum absolute atomic E-state index is 12.2. The molecular weight excluding hydrogens is 310 g/mol. The van der Waals surface area contributed by atoms with Gasteiger partial charge in [0.1, 0.15) is 15.5 Å². The van der Waals surface area contributed by atoms with Crippen LogP contribution in [0.3, 0.4) is 0 Å². The standard InChI is InChI=1S/C13H15N3O3S2/c1-7-9(12(18)16(2)3)21-13(14-7)15-11(17)10-8(19-4)5-6-20-10/h5-6H,1-4H3,(H,14,15,17). The number of ether oxygens (including phenoxy) is 1. The van der Waals surface area contributed by atoms with Crippen LogP contribution in [0.4, 0.5) is 5.13 Å².